The van der Waals surface area contributed by atoms with Gasteiger partial charge < -0.3 is 10.6 Å². The molecule has 0 radical (unpaired) electrons. The van der Waals surface area contributed by atoms with Crippen molar-refractivity contribution in [2.24, 2.45) is 0 Å². The van der Waals surface area contributed by atoms with E-state index in [0.717, 1.165) is 75.6 Å². The molecule has 0 unspecified atom stereocenters. The number of nitrogens with one attached hydrogen (secondary N) is 1. The van der Waals surface area contributed by atoms with Crippen LogP contribution < -0.4 is 10.6 Å². The largest absolute Gasteiger partial charge is 0.384 e. The number of rotatable bonds is 4. The number of nitrogens with zero attached hydrogens (tertiary/aromatic N) is 5. The number of nitrogen functional groups attached to an aromatic ring is 1. The lowest BCUT2D eigenvalue weighted by molar-refractivity contribution is 0.247. The molecule has 152 valence electrons. The van der Waals surface area contributed by atoms with Gasteiger partial charge in [-0.1, -0.05) is 37.3 Å². The minimum atomic E-state index is 0.646. The highest BCUT2D eigenvalue weighted by molar-refractivity contribution is 5.92. The first-order valence-corrected chi connectivity index (χ1v) is 10.6. The Morgan fingerprint density at radius 2 is 1.79 bits per heavy atom. The zero-order valence-electron chi connectivity index (χ0n) is 17.1. The summed E-state index contributed by atoms with van der Waals surface area (Å²) in [6.07, 6.45) is 1.01. The van der Waals surface area contributed by atoms with E-state index >= 15 is 0 Å². The second-order valence-corrected chi connectivity index (χ2v) is 8.10. The number of likely N-dealkylation sites (N-methyl/N-ethyl adjacent to an activating group) is 1. The summed E-state index contributed by atoms with van der Waals surface area (Å²) in [6.45, 7) is 10.4. The van der Waals surface area contributed by atoms with E-state index in [1.165, 1.54) is 16.7 Å². The van der Waals surface area contributed by atoms with Crippen LogP contribution in [0.2, 0.25) is 0 Å². The van der Waals surface area contributed by atoms with Gasteiger partial charge in [0.1, 0.15) is 11.6 Å². The van der Waals surface area contributed by atoms with Crippen LogP contribution in [0.5, 0.6) is 0 Å². The van der Waals surface area contributed by atoms with Gasteiger partial charge in [0, 0.05) is 51.4 Å². The van der Waals surface area contributed by atoms with Crippen LogP contribution in [0.15, 0.2) is 30.3 Å². The van der Waals surface area contributed by atoms with Gasteiger partial charge in [-0.05, 0) is 24.1 Å². The molecule has 4 heterocycles. The van der Waals surface area contributed by atoms with Crippen molar-refractivity contribution in [2.75, 3.05) is 49.9 Å². The molecule has 5 rings (SSSR count). The Hall–Kier alpha value is -2.64. The molecule has 0 atom stereocenters. The summed E-state index contributed by atoms with van der Waals surface area (Å²) in [5.74, 6) is 1.75. The van der Waals surface area contributed by atoms with Gasteiger partial charge in [0.25, 0.3) is 0 Å². The van der Waals surface area contributed by atoms with Gasteiger partial charge in [-0.25, -0.2) is 4.98 Å². The molecule has 1 saturated heterocycles. The van der Waals surface area contributed by atoms with E-state index in [0.29, 0.717) is 5.82 Å². The summed E-state index contributed by atoms with van der Waals surface area (Å²) >= 11 is 0. The third kappa shape index (κ3) is 3.45. The van der Waals surface area contributed by atoms with Crippen molar-refractivity contribution in [3.8, 4) is 0 Å². The molecule has 2 aliphatic rings. The van der Waals surface area contributed by atoms with Crippen molar-refractivity contribution in [1.29, 1.82) is 0 Å². The molecule has 0 saturated carbocycles. The highest BCUT2D eigenvalue weighted by Gasteiger charge is 2.28. The molecule has 0 amide bonds. The standard InChI is InChI=1S/C22H29N7/c1-2-27-9-8-17-18(15-27)22(24-21-19(17)20(23)25-26-21)29-12-10-28(11-13-29)14-16-6-4-3-5-7-16/h3-7H,2,8-15H2,1H3,(H3,23,24,25,26). The third-order valence-electron chi connectivity index (χ3n) is 6.35. The molecule has 7 nitrogen and oxygen atoms in total. The van der Waals surface area contributed by atoms with Gasteiger partial charge in [-0.3, -0.25) is 14.9 Å². The number of aromatic nitrogens is 3. The zero-order valence-corrected chi connectivity index (χ0v) is 17.1. The second-order valence-electron chi connectivity index (χ2n) is 8.10. The maximum atomic E-state index is 6.20. The van der Waals surface area contributed by atoms with Crippen LogP contribution in [0.3, 0.4) is 0 Å². The fourth-order valence-corrected chi connectivity index (χ4v) is 4.68. The van der Waals surface area contributed by atoms with Gasteiger partial charge in [-0.2, -0.15) is 5.10 Å². The van der Waals surface area contributed by atoms with Gasteiger partial charge in [0.05, 0.1) is 5.39 Å². The normalized spacial score (nSPS) is 18.3. The first kappa shape index (κ1) is 18.4. The quantitative estimate of drug-likeness (QED) is 0.710. The average molecular weight is 392 g/mol. The minimum absolute atomic E-state index is 0.646. The molecule has 1 aromatic carbocycles. The zero-order chi connectivity index (χ0) is 19.8. The fraction of sp³-hybridized carbons (Fsp3) is 0.455. The fourth-order valence-electron chi connectivity index (χ4n) is 4.68. The van der Waals surface area contributed by atoms with Gasteiger partial charge in [0.2, 0.25) is 0 Å². The minimum Gasteiger partial charge on any atom is -0.384 e. The lowest BCUT2D eigenvalue weighted by atomic mass is 9.97. The van der Waals surface area contributed by atoms with Crippen LogP contribution in [0.25, 0.3) is 11.0 Å². The van der Waals surface area contributed by atoms with Crippen LogP contribution in [0.1, 0.15) is 23.6 Å². The average Bonchev–Trinajstić information content (AvgIpc) is 3.15. The van der Waals surface area contributed by atoms with Crippen LogP contribution in [0, 0.1) is 0 Å². The topological polar surface area (TPSA) is 77.3 Å². The predicted molar refractivity (Wildman–Crippen MR) is 117 cm³/mol. The molecular weight excluding hydrogens is 362 g/mol. The first-order chi connectivity index (χ1) is 14.2. The number of piperazine rings is 1. The van der Waals surface area contributed by atoms with E-state index in [1.807, 2.05) is 0 Å². The SMILES string of the molecule is CCN1CCc2c(c(N3CCN(Cc4ccccc4)CC3)nc3n[nH]c(N)c23)C1. The van der Waals surface area contributed by atoms with Crippen molar-refractivity contribution < 1.29 is 0 Å². The Balaban J connectivity index is 1.40. The Labute approximate surface area is 171 Å². The van der Waals surface area contributed by atoms with Crippen LogP contribution >= 0.6 is 0 Å². The summed E-state index contributed by atoms with van der Waals surface area (Å²) < 4.78 is 0. The van der Waals surface area contributed by atoms with E-state index in [1.54, 1.807) is 0 Å². The highest BCUT2D eigenvalue weighted by atomic mass is 15.3. The number of hydrogen-bond donors (Lipinski definition) is 2. The van der Waals surface area contributed by atoms with E-state index < -0.39 is 0 Å². The van der Waals surface area contributed by atoms with Crippen molar-refractivity contribution in [2.45, 2.75) is 26.4 Å². The monoisotopic (exact) mass is 391 g/mol. The molecule has 3 aromatic rings. The van der Waals surface area contributed by atoms with Crippen LogP contribution in [-0.2, 0) is 19.5 Å². The smallest absolute Gasteiger partial charge is 0.185 e. The van der Waals surface area contributed by atoms with Gasteiger partial charge in [0.15, 0.2) is 5.65 Å². The summed E-state index contributed by atoms with van der Waals surface area (Å²) in [5.41, 5.74) is 11.0. The number of pyridine rings is 1. The summed E-state index contributed by atoms with van der Waals surface area (Å²) in [5, 5.41) is 8.35. The number of fused-ring (bicyclic) bond motifs is 3. The highest BCUT2D eigenvalue weighted by Crippen LogP contribution is 2.35. The maximum absolute atomic E-state index is 6.20. The Bertz CT molecular complexity index is 989. The first-order valence-electron chi connectivity index (χ1n) is 10.6. The van der Waals surface area contributed by atoms with E-state index in [-0.39, 0.29) is 0 Å². The molecule has 2 aromatic heterocycles. The lowest BCUT2D eigenvalue weighted by Crippen LogP contribution is -2.47. The molecular formula is C22H29N7. The van der Waals surface area contributed by atoms with Gasteiger partial charge in [-0.15, -0.1) is 0 Å². The molecule has 3 N–H and O–H groups in total. The molecule has 0 spiro atoms. The van der Waals surface area contributed by atoms with Crippen molar-refractivity contribution in [1.82, 2.24) is 25.0 Å². The summed E-state index contributed by atoms with van der Waals surface area (Å²) in [7, 11) is 0. The number of anilines is 2. The van der Waals surface area contributed by atoms with Gasteiger partial charge >= 0.3 is 0 Å². The molecule has 1 fully saturated rings. The Morgan fingerprint density at radius 1 is 1.00 bits per heavy atom. The number of hydrogen-bond acceptors (Lipinski definition) is 6. The second kappa shape index (κ2) is 7.65. The van der Waals surface area contributed by atoms with Crippen molar-refractivity contribution >= 4 is 22.7 Å². The van der Waals surface area contributed by atoms with E-state index in [4.69, 9.17) is 10.7 Å². The Morgan fingerprint density at radius 3 is 2.55 bits per heavy atom. The van der Waals surface area contributed by atoms with Crippen LogP contribution in [-0.4, -0.2) is 64.2 Å². The molecule has 0 aliphatic carbocycles. The summed E-state index contributed by atoms with van der Waals surface area (Å²) in [4.78, 5) is 12.4. The molecule has 2 aliphatic heterocycles. The Kier molecular flexibility index (Phi) is 4.85. The number of aromatic amines is 1. The van der Waals surface area contributed by atoms with Crippen molar-refractivity contribution in [3.63, 3.8) is 0 Å². The molecule has 7 heteroatoms. The summed E-state index contributed by atoms with van der Waals surface area (Å²) in [6, 6.07) is 10.7. The van der Waals surface area contributed by atoms with Crippen LogP contribution in [0.4, 0.5) is 11.6 Å². The number of benzene rings is 1. The molecule has 0 bridgehead atoms. The van der Waals surface area contributed by atoms with E-state index in [2.05, 4.69) is 62.2 Å². The molecule has 29 heavy (non-hydrogen) atoms. The van der Waals surface area contributed by atoms with E-state index in [9.17, 15) is 0 Å². The third-order valence-corrected chi connectivity index (χ3v) is 6.35. The number of nitrogens with two attached hydrogens (primary N) is 1. The number of H-pyrrole nitrogens is 1. The predicted octanol–water partition coefficient (Wildman–Crippen LogP) is 2.24. The van der Waals surface area contributed by atoms with Crippen molar-refractivity contribution in [3.05, 3.63) is 47.0 Å². The maximum Gasteiger partial charge on any atom is 0.185 e. The lowest BCUT2D eigenvalue weighted by Gasteiger charge is -2.38.